The first-order valence-electron chi connectivity index (χ1n) is 8.76. The minimum absolute atomic E-state index is 0.234. The average molecular weight is 370 g/mol. The van der Waals surface area contributed by atoms with Gasteiger partial charge in [-0.25, -0.2) is 4.79 Å². The lowest BCUT2D eigenvalue weighted by molar-refractivity contribution is -0.129. The van der Waals surface area contributed by atoms with Crippen LogP contribution in [0.4, 0.5) is 10.5 Å². The van der Waals surface area contributed by atoms with Gasteiger partial charge in [0.05, 0.1) is 6.04 Å². The number of carbonyl (C=O) groups excluding carboxylic acids is 2. The van der Waals surface area contributed by atoms with E-state index >= 15 is 0 Å². The molecule has 6 nitrogen and oxygen atoms in total. The van der Waals surface area contributed by atoms with Crippen molar-refractivity contribution in [3.63, 3.8) is 0 Å². The summed E-state index contributed by atoms with van der Waals surface area (Å²) in [5.74, 6) is -0.532. The summed E-state index contributed by atoms with van der Waals surface area (Å²) in [7, 11) is 0. The van der Waals surface area contributed by atoms with Crippen LogP contribution in [0, 0.1) is 0 Å². The molecular weight excluding hydrogens is 344 g/mol. The number of benzene rings is 2. The number of rotatable bonds is 6. The van der Waals surface area contributed by atoms with Crippen LogP contribution in [0.5, 0.6) is 0 Å². The first kappa shape index (κ1) is 20.5. The molecule has 1 amide bonds. The van der Waals surface area contributed by atoms with Gasteiger partial charge in [-0.1, -0.05) is 42.5 Å². The average Bonchev–Trinajstić information content (AvgIpc) is 2.59. The molecule has 1 unspecified atom stereocenters. The molecule has 0 aliphatic rings. The molecule has 0 bridgehead atoms. The van der Waals surface area contributed by atoms with Gasteiger partial charge in [0.25, 0.3) is 0 Å². The Kier molecular flexibility index (Phi) is 6.58. The summed E-state index contributed by atoms with van der Waals surface area (Å²) < 4.78 is 5.26. The molecule has 0 saturated heterocycles. The lowest BCUT2D eigenvalue weighted by Crippen LogP contribution is -2.46. The second kappa shape index (κ2) is 8.68. The van der Waals surface area contributed by atoms with Crippen molar-refractivity contribution in [2.24, 2.45) is 0 Å². The van der Waals surface area contributed by atoms with Crippen molar-refractivity contribution in [2.75, 3.05) is 5.73 Å². The largest absolute Gasteiger partial charge is 0.444 e. The summed E-state index contributed by atoms with van der Waals surface area (Å²) in [4.78, 5) is 25.1. The number of alkyl carbamates (subject to hydrolysis) is 1. The number of Topliss-reactive ketones (excluding diaryl/α,β-unsaturated/α-hetero) is 1. The van der Waals surface area contributed by atoms with Crippen LogP contribution in [0.25, 0.3) is 0 Å². The smallest absolute Gasteiger partial charge is 0.408 e. The van der Waals surface area contributed by atoms with Crippen LogP contribution in [0.1, 0.15) is 38.0 Å². The molecule has 0 saturated carbocycles. The molecule has 27 heavy (non-hydrogen) atoms. The van der Waals surface area contributed by atoms with Crippen LogP contribution >= 0.6 is 0 Å². The molecule has 144 valence electrons. The second-order valence-electron chi connectivity index (χ2n) is 7.36. The number of nitrogens with two attached hydrogens (primary N) is 1. The van der Waals surface area contributed by atoms with E-state index < -0.39 is 29.6 Å². The van der Waals surface area contributed by atoms with E-state index in [1.54, 1.807) is 39.0 Å². The highest BCUT2D eigenvalue weighted by atomic mass is 16.6. The zero-order valence-corrected chi connectivity index (χ0v) is 15.8. The van der Waals surface area contributed by atoms with Gasteiger partial charge < -0.3 is 20.9 Å². The van der Waals surface area contributed by atoms with Gasteiger partial charge in [0.15, 0.2) is 5.78 Å². The fourth-order valence-electron chi connectivity index (χ4n) is 2.61. The van der Waals surface area contributed by atoms with Gasteiger partial charge in [-0.3, -0.25) is 4.79 Å². The van der Waals surface area contributed by atoms with E-state index in [2.05, 4.69) is 5.32 Å². The Morgan fingerprint density at radius 2 is 1.78 bits per heavy atom. The number of anilines is 1. The number of amides is 1. The molecule has 0 aromatic heterocycles. The van der Waals surface area contributed by atoms with E-state index in [-0.39, 0.29) is 6.42 Å². The molecule has 0 fully saturated rings. The molecule has 0 heterocycles. The number of nitrogen functional groups attached to an aromatic ring is 1. The Labute approximate surface area is 159 Å². The Balaban J connectivity index is 2.21. The summed E-state index contributed by atoms with van der Waals surface area (Å²) in [6.07, 6.45) is -1.88. The Hall–Kier alpha value is -2.86. The van der Waals surface area contributed by atoms with Crippen molar-refractivity contribution < 1.29 is 19.4 Å². The first-order valence-corrected chi connectivity index (χ1v) is 8.76. The van der Waals surface area contributed by atoms with E-state index in [1.165, 1.54) is 6.07 Å². The van der Waals surface area contributed by atoms with Gasteiger partial charge >= 0.3 is 6.09 Å². The maximum atomic E-state index is 12.9. The molecule has 2 aromatic rings. The van der Waals surface area contributed by atoms with Crippen LogP contribution in [-0.2, 0) is 16.0 Å². The predicted molar refractivity (Wildman–Crippen MR) is 104 cm³/mol. The summed E-state index contributed by atoms with van der Waals surface area (Å²) in [6, 6.07) is 14.8. The number of ether oxygens (including phenoxy) is 1. The Morgan fingerprint density at radius 1 is 1.11 bits per heavy atom. The number of carbonyl (C=O) groups is 2. The number of aliphatic hydroxyl groups is 1. The van der Waals surface area contributed by atoms with Crippen LogP contribution in [0.15, 0.2) is 54.6 Å². The van der Waals surface area contributed by atoms with Crippen molar-refractivity contribution in [1.82, 2.24) is 5.32 Å². The standard InChI is InChI=1S/C21H26N2O4/c1-21(2,3)27-20(26)23-17(12-14-8-5-4-6-9-14)19(25)18(24)15-10-7-11-16(22)13-15/h4-11,13,17-18,24H,12,22H2,1-3H3,(H,23,26)/t17-,18?/m0/s1. The zero-order valence-electron chi connectivity index (χ0n) is 15.8. The molecular formula is C21H26N2O4. The lowest BCUT2D eigenvalue weighted by atomic mass is 9.95. The fraction of sp³-hybridized carbons (Fsp3) is 0.333. The van der Waals surface area contributed by atoms with Gasteiger partial charge in [-0.2, -0.15) is 0 Å². The lowest BCUT2D eigenvalue weighted by Gasteiger charge is -2.24. The molecule has 2 aromatic carbocycles. The van der Waals surface area contributed by atoms with Gasteiger partial charge in [0, 0.05) is 5.69 Å². The van der Waals surface area contributed by atoms with E-state index in [4.69, 9.17) is 10.5 Å². The number of ketones is 1. The van der Waals surface area contributed by atoms with Crippen molar-refractivity contribution in [2.45, 2.75) is 44.9 Å². The van der Waals surface area contributed by atoms with E-state index in [0.29, 0.717) is 11.3 Å². The maximum absolute atomic E-state index is 12.9. The van der Waals surface area contributed by atoms with Crippen molar-refractivity contribution in [1.29, 1.82) is 0 Å². The summed E-state index contributed by atoms with van der Waals surface area (Å²) in [5.41, 5.74) is 6.71. The highest BCUT2D eigenvalue weighted by Crippen LogP contribution is 2.20. The Morgan fingerprint density at radius 3 is 2.37 bits per heavy atom. The van der Waals surface area contributed by atoms with Crippen molar-refractivity contribution >= 4 is 17.6 Å². The van der Waals surface area contributed by atoms with Crippen LogP contribution in [0.2, 0.25) is 0 Å². The third kappa shape index (κ3) is 6.42. The molecule has 0 aliphatic heterocycles. The minimum atomic E-state index is -1.41. The molecule has 6 heteroatoms. The van der Waals surface area contributed by atoms with Crippen LogP contribution < -0.4 is 11.1 Å². The van der Waals surface area contributed by atoms with Gasteiger partial charge in [0.2, 0.25) is 0 Å². The highest BCUT2D eigenvalue weighted by molar-refractivity contribution is 5.92. The summed E-state index contributed by atoms with van der Waals surface area (Å²) in [6.45, 7) is 5.21. The third-order valence-corrected chi connectivity index (χ3v) is 3.81. The number of nitrogens with one attached hydrogen (secondary N) is 1. The molecule has 2 rings (SSSR count). The van der Waals surface area contributed by atoms with Crippen molar-refractivity contribution in [3.05, 3.63) is 65.7 Å². The third-order valence-electron chi connectivity index (χ3n) is 3.81. The zero-order chi connectivity index (χ0) is 20.0. The summed E-state index contributed by atoms with van der Waals surface area (Å²) in [5, 5.41) is 13.1. The number of hydrogen-bond acceptors (Lipinski definition) is 5. The monoisotopic (exact) mass is 370 g/mol. The normalized spacial score (nSPS) is 13.5. The quantitative estimate of drug-likeness (QED) is 0.679. The van der Waals surface area contributed by atoms with E-state index in [0.717, 1.165) is 5.56 Å². The van der Waals surface area contributed by atoms with Gasteiger partial charge in [-0.15, -0.1) is 0 Å². The van der Waals surface area contributed by atoms with Gasteiger partial charge in [-0.05, 0) is 50.5 Å². The first-order chi connectivity index (χ1) is 12.7. The van der Waals surface area contributed by atoms with Crippen LogP contribution in [0.3, 0.4) is 0 Å². The van der Waals surface area contributed by atoms with E-state index in [9.17, 15) is 14.7 Å². The molecule has 2 atom stereocenters. The van der Waals surface area contributed by atoms with Crippen molar-refractivity contribution in [3.8, 4) is 0 Å². The molecule has 4 N–H and O–H groups in total. The van der Waals surface area contributed by atoms with Gasteiger partial charge in [0.1, 0.15) is 11.7 Å². The second-order valence-corrected chi connectivity index (χ2v) is 7.36. The maximum Gasteiger partial charge on any atom is 0.408 e. The molecule has 0 radical (unpaired) electrons. The topological polar surface area (TPSA) is 102 Å². The Bertz CT molecular complexity index is 784. The van der Waals surface area contributed by atoms with Crippen LogP contribution in [-0.4, -0.2) is 28.6 Å². The minimum Gasteiger partial charge on any atom is -0.444 e. The molecule has 0 aliphatic carbocycles. The number of hydrogen-bond donors (Lipinski definition) is 3. The number of aliphatic hydroxyl groups excluding tert-OH is 1. The van der Waals surface area contributed by atoms with E-state index in [1.807, 2.05) is 30.3 Å². The fourth-order valence-corrected chi connectivity index (χ4v) is 2.61. The SMILES string of the molecule is CC(C)(C)OC(=O)N[C@@H](Cc1ccccc1)C(=O)C(O)c1cccc(N)c1. The summed E-state index contributed by atoms with van der Waals surface area (Å²) >= 11 is 0. The molecule has 0 spiro atoms. The highest BCUT2D eigenvalue weighted by Gasteiger charge is 2.30. The predicted octanol–water partition coefficient (Wildman–Crippen LogP) is 3.01.